The first-order valence-corrected chi connectivity index (χ1v) is 11.4. The van der Waals surface area contributed by atoms with Gasteiger partial charge in [0.1, 0.15) is 18.1 Å². The maximum absolute atomic E-state index is 12.7. The van der Waals surface area contributed by atoms with Gasteiger partial charge in [0.05, 0.1) is 38.4 Å². The molecule has 0 bridgehead atoms. The minimum absolute atomic E-state index is 0.0856. The molecule has 1 aliphatic rings. The highest BCUT2D eigenvalue weighted by Gasteiger charge is 2.24. The number of rotatable bonds is 8. The summed E-state index contributed by atoms with van der Waals surface area (Å²) < 4.78 is 18.4. The Balaban J connectivity index is 1.28. The first-order chi connectivity index (χ1) is 17.1. The Hall–Kier alpha value is -4.03. The molecule has 1 fully saturated rings. The lowest BCUT2D eigenvalue weighted by Crippen LogP contribution is -2.48. The number of hydrogen-bond acceptors (Lipinski definition) is 6. The number of benzene rings is 2. The Labute approximate surface area is 205 Å². The summed E-state index contributed by atoms with van der Waals surface area (Å²) in [7, 11) is 3.16. The fourth-order valence-corrected chi connectivity index (χ4v) is 4.11. The van der Waals surface area contributed by atoms with Crippen LogP contribution in [0.3, 0.4) is 0 Å². The van der Waals surface area contributed by atoms with Crippen molar-refractivity contribution in [1.82, 2.24) is 19.4 Å². The zero-order valence-corrected chi connectivity index (χ0v) is 20.0. The Morgan fingerprint density at radius 1 is 1.00 bits per heavy atom. The number of carbonyl (C=O) groups is 1. The molecule has 9 nitrogen and oxygen atoms in total. The zero-order valence-electron chi connectivity index (χ0n) is 20.0. The van der Waals surface area contributed by atoms with Crippen LogP contribution in [0.2, 0.25) is 0 Å². The molecule has 0 radical (unpaired) electrons. The first-order valence-electron chi connectivity index (χ1n) is 11.4. The van der Waals surface area contributed by atoms with Crippen molar-refractivity contribution in [2.45, 2.75) is 19.7 Å². The van der Waals surface area contributed by atoms with E-state index in [9.17, 15) is 4.79 Å². The Morgan fingerprint density at radius 2 is 1.69 bits per heavy atom. The molecule has 3 aromatic rings. The molecule has 182 valence electrons. The van der Waals surface area contributed by atoms with E-state index < -0.39 is 0 Å². The number of imidazole rings is 1. The summed E-state index contributed by atoms with van der Waals surface area (Å²) in [5, 5.41) is 0. The fraction of sp³-hybridized carbons (Fsp3) is 0.346. The number of ether oxygens (including phenoxy) is 3. The zero-order chi connectivity index (χ0) is 24.6. The second kappa shape index (κ2) is 11.4. The smallest absolute Gasteiger partial charge is 0.410 e. The van der Waals surface area contributed by atoms with E-state index in [1.54, 1.807) is 19.1 Å². The molecule has 1 saturated heterocycles. The van der Waals surface area contributed by atoms with Crippen molar-refractivity contribution in [2.75, 3.05) is 40.4 Å². The van der Waals surface area contributed by atoms with E-state index in [0.29, 0.717) is 42.4 Å². The topological polar surface area (TPSA) is 73.4 Å². The van der Waals surface area contributed by atoms with E-state index in [-0.39, 0.29) is 12.7 Å². The van der Waals surface area contributed by atoms with Gasteiger partial charge in [-0.3, -0.25) is 4.90 Å². The lowest BCUT2D eigenvalue weighted by atomic mass is 10.2. The third kappa shape index (κ3) is 5.91. The molecule has 0 aliphatic carbocycles. The largest absolute Gasteiger partial charge is 0.496 e. The molecule has 0 unspecified atom stereocenters. The third-order valence-corrected chi connectivity index (χ3v) is 6.10. The van der Waals surface area contributed by atoms with Gasteiger partial charge in [0.2, 0.25) is 0 Å². The number of amides is 1. The van der Waals surface area contributed by atoms with Crippen molar-refractivity contribution in [3.05, 3.63) is 83.2 Å². The summed E-state index contributed by atoms with van der Waals surface area (Å²) in [5.41, 5.74) is 3.58. The van der Waals surface area contributed by atoms with Crippen molar-refractivity contribution < 1.29 is 19.0 Å². The van der Waals surface area contributed by atoms with E-state index in [1.807, 2.05) is 55.0 Å². The number of methoxy groups -OCH3 is 2. The van der Waals surface area contributed by atoms with Crippen LogP contribution in [0.4, 0.5) is 10.5 Å². The van der Waals surface area contributed by atoms with Gasteiger partial charge in [-0.1, -0.05) is 30.3 Å². The molecule has 0 N–H and O–H groups in total. The Bertz CT molecular complexity index is 1150. The highest BCUT2D eigenvalue weighted by molar-refractivity contribution is 5.68. The van der Waals surface area contributed by atoms with Crippen LogP contribution < -0.4 is 9.47 Å². The van der Waals surface area contributed by atoms with Crippen LogP contribution in [-0.4, -0.2) is 65.8 Å². The van der Waals surface area contributed by atoms with Crippen molar-refractivity contribution in [3.63, 3.8) is 0 Å². The van der Waals surface area contributed by atoms with Crippen LogP contribution in [0, 0.1) is 6.57 Å². The van der Waals surface area contributed by atoms with Crippen molar-refractivity contribution >= 4 is 11.8 Å². The van der Waals surface area contributed by atoms with Crippen molar-refractivity contribution in [3.8, 4) is 11.5 Å². The lowest BCUT2D eigenvalue weighted by molar-refractivity contribution is 0.0686. The molecule has 1 amide bonds. The van der Waals surface area contributed by atoms with Gasteiger partial charge in [0.25, 0.3) is 0 Å². The Kier molecular flexibility index (Phi) is 7.85. The average Bonchev–Trinajstić information content (AvgIpc) is 3.33. The van der Waals surface area contributed by atoms with E-state index in [0.717, 1.165) is 30.9 Å². The highest BCUT2D eigenvalue weighted by Crippen LogP contribution is 2.29. The van der Waals surface area contributed by atoms with Crippen LogP contribution in [0.1, 0.15) is 16.8 Å². The lowest BCUT2D eigenvalue weighted by Gasteiger charge is -2.34. The maximum Gasteiger partial charge on any atom is 0.410 e. The standard InChI is InChI=1S/C26H29N5O4/c1-27-21-9-7-20(8-10-21)16-31-19-28-15-22(31)17-29-11-13-30(14-12-29)26(32)35-18-23-24(33-2)5-4-6-25(23)34-3/h4-10,15,19H,11-14,16-18H2,2-3H3. The van der Waals surface area contributed by atoms with Crippen LogP contribution in [0.15, 0.2) is 55.0 Å². The van der Waals surface area contributed by atoms with Gasteiger partial charge < -0.3 is 23.7 Å². The van der Waals surface area contributed by atoms with Crippen LogP contribution in [0.25, 0.3) is 4.85 Å². The summed E-state index contributed by atoms with van der Waals surface area (Å²) in [6, 6.07) is 13.1. The van der Waals surface area contributed by atoms with Crippen molar-refractivity contribution in [1.29, 1.82) is 0 Å². The van der Waals surface area contributed by atoms with Crippen molar-refractivity contribution in [2.24, 2.45) is 0 Å². The number of piperazine rings is 1. The number of hydrogen-bond donors (Lipinski definition) is 0. The second-order valence-electron chi connectivity index (χ2n) is 8.25. The Morgan fingerprint density at radius 3 is 2.31 bits per heavy atom. The SMILES string of the molecule is [C-]#[N+]c1ccc(Cn2cncc2CN2CCN(C(=O)OCc3c(OC)cccc3OC)CC2)cc1. The molecular weight excluding hydrogens is 446 g/mol. The number of nitrogens with zero attached hydrogens (tertiary/aromatic N) is 5. The highest BCUT2D eigenvalue weighted by atomic mass is 16.6. The fourth-order valence-electron chi connectivity index (χ4n) is 4.11. The predicted molar refractivity (Wildman–Crippen MR) is 131 cm³/mol. The quantitative estimate of drug-likeness (QED) is 0.460. The van der Waals surface area contributed by atoms with E-state index in [2.05, 4.69) is 19.3 Å². The molecular formula is C26H29N5O4. The van der Waals surface area contributed by atoms with Gasteiger partial charge in [-0.15, -0.1) is 0 Å². The summed E-state index contributed by atoms with van der Waals surface area (Å²) in [5.74, 6) is 1.25. The van der Waals surface area contributed by atoms with E-state index >= 15 is 0 Å². The van der Waals surface area contributed by atoms with Gasteiger partial charge >= 0.3 is 6.09 Å². The summed E-state index contributed by atoms with van der Waals surface area (Å²) in [6.45, 7) is 11.3. The van der Waals surface area contributed by atoms with Crippen LogP contribution >= 0.6 is 0 Å². The van der Waals surface area contributed by atoms with Gasteiger partial charge in [-0.05, 0) is 17.7 Å². The summed E-state index contributed by atoms with van der Waals surface area (Å²) in [6.07, 6.45) is 3.37. The molecule has 0 saturated carbocycles. The second-order valence-corrected chi connectivity index (χ2v) is 8.25. The molecule has 2 heterocycles. The minimum atomic E-state index is -0.342. The minimum Gasteiger partial charge on any atom is -0.496 e. The molecule has 1 aromatic heterocycles. The van der Waals surface area contributed by atoms with Gasteiger partial charge in [0.15, 0.2) is 5.69 Å². The van der Waals surface area contributed by atoms with Gasteiger partial charge in [-0.25, -0.2) is 14.6 Å². The normalized spacial score (nSPS) is 13.8. The van der Waals surface area contributed by atoms with Crippen LogP contribution in [-0.2, 0) is 24.4 Å². The van der Waals surface area contributed by atoms with Crippen LogP contribution in [0.5, 0.6) is 11.5 Å². The average molecular weight is 476 g/mol. The first kappa shape index (κ1) is 24.1. The molecule has 35 heavy (non-hydrogen) atoms. The third-order valence-electron chi connectivity index (χ3n) is 6.10. The molecule has 9 heteroatoms. The molecule has 0 spiro atoms. The van der Waals surface area contributed by atoms with E-state index in [1.165, 1.54) is 0 Å². The molecule has 1 aliphatic heterocycles. The number of carbonyl (C=O) groups excluding carboxylic acids is 1. The molecule has 0 atom stereocenters. The number of aromatic nitrogens is 2. The monoisotopic (exact) mass is 475 g/mol. The summed E-state index contributed by atoms with van der Waals surface area (Å²) >= 11 is 0. The van der Waals surface area contributed by atoms with Gasteiger partial charge in [0, 0.05) is 45.5 Å². The molecule has 4 rings (SSSR count). The molecule has 2 aromatic carbocycles. The summed E-state index contributed by atoms with van der Waals surface area (Å²) in [4.78, 5) is 24.5. The van der Waals surface area contributed by atoms with E-state index in [4.69, 9.17) is 20.8 Å². The van der Waals surface area contributed by atoms with Gasteiger partial charge in [-0.2, -0.15) is 0 Å². The predicted octanol–water partition coefficient (Wildman–Crippen LogP) is 3.95. The maximum atomic E-state index is 12.7.